The fraction of sp³-hybridized carbons (Fsp3) is 0.176. The van der Waals surface area contributed by atoms with Gasteiger partial charge >= 0.3 is 11.9 Å². The number of fused-ring (bicyclic) bond motifs is 1. The first-order valence-electron chi connectivity index (χ1n) is 7.50. The van der Waals surface area contributed by atoms with Crippen LogP contribution in [-0.2, 0) is 29.2 Å². The van der Waals surface area contributed by atoms with Gasteiger partial charge in [0.25, 0.3) is 15.9 Å². The smallest absolute Gasteiger partial charge is 0.350 e. The van der Waals surface area contributed by atoms with Gasteiger partial charge in [0.2, 0.25) is 0 Å². The van der Waals surface area contributed by atoms with Gasteiger partial charge in [-0.15, -0.1) is 0 Å². The lowest BCUT2D eigenvalue weighted by Gasteiger charge is -2.29. The highest BCUT2D eigenvalue weighted by atomic mass is 32.2. The molecule has 0 bridgehead atoms. The van der Waals surface area contributed by atoms with Crippen LogP contribution in [0.2, 0.25) is 0 Å². The van der Waals surface area contributed by atoms with Crippen LogP contribution in [0.15, 0.2) is 53.1 Å². The topological polar surface area (TPSA) is 119 Å². The molecule has 136 valence electrons. The molecule has 2 N–H and O–H groups in total. The molecular formula is C17H15NO7S. The molecule has 2 aromatic carbocycles. The van der Waals surface area contributed by atoms with Crippen LogP contribution < -0.4 is 5.32 Å². The second-order valence-corrected chi connectivity index (χ2v) is 7.47. The van der Waals surface area contributed by atoms with Gasteiger partial charge < -0.3 is 14.8 Å². The van der Waals surface area contributed by atoms with Gasteiger partial charge in [0.05, 0.1) is 4.90 Å². The van der Waals surface area contributed by atoms with E-state index in [-0.39, 0.29) is 10.5 Å². The van der Waals surface area contributed by atoms with Crippen molar-refractivity contribution in [3.05, 3.63) is 48.2 Å². The summed E-state index contributed by atoms with van der Waals surface area (Å²) >= 11 is 0. The predicted octanol–water partition coefficient (Wildman–Crippen LogP) is 2.22. The fourth-order valence-corrected chi connectivity index (χ4v) is 2.97. The van der Waals surface area contributed by atoms with Crippen molar-refractivity contribution in [3.63, 3.8) is 0 Å². The Bertz CT molecular complexity index is 1030. The zero-order valence-electron chi connectivity index (χ0n) is 13.8. The largest absolute Gasteiger partial charge is 0.419 e. The Balaban J connectivity index is 1.99. The molecule has 0 saturated carbocycles. The average molecular weight is 377 g/mol. The van der Waals surface area contributed by atoms with Gasteiger partial charge in [0.15, 0.2) is 5.57 Å². The van der Waals surface area contributed by atoms with Crippen LogP contribution in [0.3, 0.4) is 0 Å². The zero-order chi connectivity index (χ0) is 19.1. The lowest BCUT2D eigenvalue weighted by molar-refractivity contribution is -0.222. The third-order valence-corrected chi connectivity index (χ3v) is 4.49. The number of ether oxygens (including phenoxy) is 2. The molecule has 1 heterocycles. The Morgan fingerprint density at radius 3 is 2.35 bits per heavy atom. The number of hydrogen-bond donors (Lipinski definition) is 2. The van der Waals surface area contributed by atoms with Crippen molar-refractivity contribution >= 4 is 38.5 Å². The van der Waals surface area contributed by atoms with Gasteiger partial charge in [-0.05, 0) is 23.6 Å². The molecule has 0 aromatic heterocycles. The molecule has 0 aliphatic carbocycles. The summed E-state index contributed by atoms with van der Waals surface area (Å²) in [6.45, 7) is 2.88. The molecule has 2 aromatic rings. The third kappa shape index (κ3) is 3.53. The van der Waals surface area contributed by atoms with Crippen molar-refractivity contribution in [1.82, 2.24) is 0 Å². The lowest BCUT2D eigenvalue weighted by Crippen LogP contribution is -2.42. The van der Waals surface area contributed by atoms with E-state index in [2.05, 4.69) is 5.32 Å². The van der Waals surface area contributed by atoms with E-state index < -0.39 is 27.8 Å². The molecule has 0 spiro atoms. The molecule has 1 saturated heterocycles. The summed E-state index contributed by atoms with van der Waals surface area (Å²) in [6.07, 6.45) is 1.13. The van der Waals surface area contributed by atoms with Gasteiger partial charge in [0, 0.05) is 31.1 Å². The maximum absolute atomic E-state index is 11.9. The molecule has 0 unspecified atom stereocenters. The molecule has 1 fully saturated rings. The summed E-state index contributed by atoms with van der Waals surface area (Å²) in [6, 6.07) is 9.16. The van der Waals surface area contributed by atoms with E-state index >= 15 is 0 Å². The van der Waals surface area contributed by atoms with Crippen molar-refractivity contribution < 1.29 is 32.0 Å². The number of rotatable bonds is 3. The van der Waals surface area contributed by atoms with Crippen molar-refractivity contribution in [2.24, 2.45) is 0 Å². The molecule has 0 atom stereocenters. The van der Waals surface area contributed by atoms with E-state index in [1.54, 1.807) is 18.2 Å². The number of anilines is 1. The van der Waals surface area contributed by atoms with Crippen LogP contribution >= 0.6 is 0 Å². The summed E-state index contributed by atoms with van der Waals surface area (Å²) in [4.78, 5) is 23.6. The van der Waals surface area contributed by atoms with Gasteiger partial charge in [-0.3, -0.25) is 4.55 Å². The summed E-state index contributed by atoms with van der Waals surface area (Å²) < 4.78 is 41.9. The molecule has 0 amide bonds. The van der Waals surface area contributed by atoms with Gasteiger partial charge in [-0.25, -0.2) is 9.59 Å². The number of hydrogen-bond acceptors (Lipinski definition) is 7. The first kappa shape index (κ1) is 17.9. The number of esters is 2. The van der Waals surface area contributed by atoms with Crippen LogP contribution in [0.4, 0.5) is 5.69 Å². The highest BCUT2D eigenvalue weighted by molar-refractivity contribution is 7.85. The molecule has 0 radical (unpaired) electrons. The second kappa shape index (κ2) is 6.11. The first-order valence-corrected chi connectivity index (χ1v) is 8.94. The average Bonchev–Trinajstić information content (AvgIpc) is 2.51. The van der Waals surface area contributed by atoms with Crippen molar-refractivity contribution in [2.75, 3.05) is 5.32 Å². The van der Waals surface area contributed by atoms with Crippen LogP contribution in [0, 0.1) is 0 Å². The molecule has 1 aliphatic rings. The number of carbonyl (C=O) groups is 2. The Hall–Kier alpha value is -2.91. The molecule has 8 nitrogen and oxygen atoms in total. The SMILES string of the molecule is CC1(C)OC(=O)C(=CNc2cccc3ccc(S(=O)(=O)O)cc23)C(=O)O1. The number of benzene rings is 2. The predicted molar refractivity (Wildman–Crippen MR) is 91.7 cm³/mol. The Kier molecular flexibility index (Phi) is 4.21. The van der Waals surface area contributed by atoms with E-state index in [1.807, 2.05) is 0 Å². The van der Waals surface area contributed by atoms with Gasteiger partial charge in [0.1, 0.15) is 0 Å². The summed E-state index contributed by atoms with van der Waals surface area (Å²) in [5, 5.41) is 3.94. The third-order valence-electron chi connectivity index (χ3n) is 3.64. The highest BCUT2D eigenvalue weighted by Crippen LogP contribution is 2.27. The minimum atomic E-state index is -4.37. The monoisotopic (exact) mass is 377 g/mol. The quantitative estimate of drug-likeness (QED) is 0.362. The summed E-state index contributed by atoms with van der Waals surface area (Å²) in [5.41, 5.74) is 0.0956. The number of cyclic esters (lactones) is 2. The standard InChI is InChI=1S/C17H15NO7S/c1-17(2)24-15(19)13(16(20)25-17)9-18-14-5-3-4-10-6-7-11(8-12(10)14)26(21,22)23/h3-9,18H,1-2H3,(H,21,22,23). The minimum absolute atomic E-state index is 0.273. The number of nitrogens with one attached hydrogen (secondary N) is 1. The normalized spacial score (nSPS) is 16.8. The van der Waals surface area contributed by atoms with Crippen molar-refractivity contribution in [1.29, 1.82) is 0 Å². The van der Waals surface area contributed by atoms with Crippen LogP contribution in [0.25, 0.3) is 10.8 Å². The molecule has 1 aliphatic heterocycles. The van der Waals surface area contributed by atoms with Crippen molar-refractivity contribution in [3.8, 4) is 0 Å². The van der Waals surface area contributed by atoms with Crippen LogP contribution in [0.1, 0.15) is 13.8 Å². The van der Waals surface area contributed by atoms with Gasteiger partial charge in [-0.1, -0.05) is 18.2 Å². The molecule has 3 rings (SSSR count). The Morgan fingerprint density at radius 2 is 1.73 bits per heavy atom. The molecular weight excluding hydrogens is 362 g/mol. The second-order valence-electron chi connectivity index (χ2n) is 6.04. The van der Waals surface area contributed by atoms with Crippen LogP contribution in [-0.4, -0.2) is 30.7 Å². The highest BCUT2D eigenvalue weighted by Gasteiger charge is 2.38. The van der Waals surface area contributed by atoms with Gasteiger partial charge in [-0.2, -0.15) is 8.42 Å². The lowest BCUT2D eigenvalue weighted by atomic mass is 10.1. The Labute approximate surface area is 149 Å². The summed E-state index contributed by atoms with van der Waals surface area (Å²) in [5.74, 6) is -3.01. The maximum Gasteiger partial charge on any atom is 0.350 e. The van der Waals surface area contributed by atoms with Crippen LogP contribution in [0.5, 0.6) is 0 Å². The van der Waals surface area contributed by atoms with E-state index in [0.29, 0.717) is 16.5 Å². The van der Waals surface area contributed by atoms with E-state index in [4.69, 9.17) is 9.47 Å². The molecule has 26 heavy (non-hydrogen) atoms. The Morgan fingerprint density at radius 1 is 1.08 bits per heavy atom. The van der Waals surface area contributed by atoms with E-state index in [1.165, 1.54) is 32.0 Å². The fourth-order valence-electron chi connectivity index (χ4n) is 2.47. The zero-order valence-corrected chi connectivity index (χ0v) is 14.7. The number of carbonyl (C=O) groups excluding carboxylic acids is 2. The van der Waals surface area contributed by atoms with Crippen molar-refractivity contribution in [2.45, 2.75) is 24.5 Å². The molecule has 9 heteroatoms. The minimum Gasteiger partial charge on any atom is -0.419 e. The first-order chi connectivity index (χ1) is 12.1. The summed E-state index contributed by atoms with van der Waals surface area (Å²) in [7, 11) is -4.37. The van der Waals surface area contributed by atoms with E-state index in [9.17, 15) is 22.6 Å². The maximum atomic E-state index is 11.9. The van der Waals surface area contributed by atoms with E-state index in [0.717, 1.165) is 6.20 Å².